The van der Waals surface area contributed by atoms with Crippen LogP contribution in [-0.4, -0.2) is 33.6 Å². The third kappa shape index (κ3) is 3.96. The molecule has 1 aliphatic rings. The predicted molar refractivity (Wildman–Crippen MR) is 132 cm³/mol. The monoisotopic (exact) mass is 470 g/mol. The van der Waals surface area contributed by atoms with Crippen LogP contribution in [0.2, 0.25) is 0 Å². The molecule has 0 amide bonds. The molecule has 0 radical (unpaired) electrons. The van der Waals surface area contributed by atoms with E-state index in [0.29, 0.717) is 29.3 Å². The van der Waals surface area contributed by atoms with E-state index in [2.05, 4.69) is 46.5 Å². The quantitative estimate of drug-likeness (QED) is 0.359. The summed E-state index contributed by atoms with van der Waals surface area (Å²) in [6.07, 6.45) is 3.67. The number of hydrogen-bond donors (Lipinski definition) is 1. The van der Waals surface area contributed by atoms with Gasteiger partial charge < -0.3 is 10.1 Å². The van der Waals surface area contributed by atoms with Crippen molar-refractivity contribution in [3.8, 4) is 22.4 Å². The van der Waals surface area contributed by atoms with Crippen LogP contribution in [0.1, 0.15) is 24.2 Å². The molecular weight excluding hydrogens is 446 g/mol. The first-order valence-corrected chi connectivity index (χ1v) is 11.6. The molecule has 6 rings (SSSR count). The molecular formula is C28H24F2N4O. The van der Waals surface area contributed by atoms with Crippen molar-refractivity contribution in [2.45, 2.75) is 25.9 Å². The first kappa shape index (κ1) is 21.8. The average molecular weight is 471 g/mol. The van der Waals surface area contributed by atoms with E-state index in [1.165, 1.54) is 11.6 Å². The van der Waals surface area contributed by atoms with Gasteiger partial charge in [0.1, 0.15) is 17.0 Å². The highest BCUT2D eigenvalue weighted by Gasteiger charge is 2.20. The van der Waals surface area contributed by atoms with Crippen molar-refractivity contribution in [3.05, 3.63) is 89.9 Å². The number of aromatic nitrogens is 3. The van der Waals surface area contributed by atoms with Crippen LogP contribution in [0, 0.1) is 18.6 Å². The van der Waals surface area contributed by atoms with Crippen LogP contribution in [0.5, 0.6) is 0 Å². The molecule has 0 saturated carbocycles. The molecule has 0 bridgehead atoms. The number of rotatable bonds is 3. The van der Waals surface area contributed by atoms with Crippen molar-refractivity contribution in [3.63, 3.8) is 0 Å². The van der Waals surface area contributed by atoms with E-state index in [4.69, 9.17) is 4.74 Å². The minimum atomic E-state index is -0.672. The summed E-state index contributed by atoms with van der Waals surface area (Å²) < 4.78 is 36.1. The van der Waals surface area contributed by atoms with Gasteiger partial charge >= 0.3 is 0 Å². The second kappa shape index (κ2) is 8.52. The van der Waals surface area contributed by atoms with Gasteiger partial charge in [-0.15, -0.1) is 0 Å². The number of halogens is 2. The van der Waals surface area contributed by atoms with Crippen molar-refractivity contribution in [2.24, 2.45) is 0 Å². The molecule has 35 heavy (non-hydrogen) atoms. The Morgan fingerprint density at radius 1 is 1.00 bits per heavy atom. The lowest BCUT2D eigenvalue weighted by Gasteiger charge is -2.29. The molecule has 3 aromatic heterocycles. The smallest absolute Gasteiger partial charge is 0.152 e. The molecule has 1 N–H and O–H groups in total. The average Bonchev–Trinajstić information content (AvgIpc) is 3.27. The van der Waals surface area contributed by atoms with E-state index in [0.717, 1.165) is 35.1 Å². The zero-order chi connectivity index (χ0) is 24.1. The van der Waals surface area contributed by atoms with Gasteiger partial charge in [-0.25, -0.2) is 18.7 Å². The minimum absolute atomic E-state index is 0.153. The van der Waals surface area contributed by atoms with E-state index >= 15 is 0 Å². The summed E-state index contributed by atoms with van der Waals surface area (Å²) in [5.74, 6) is -1.31. The summed E-state index contributed by atoms with van der Waals surface area (Å²) in [6, 6.07) is 17.1. The van der Waals surface area contributed by atoms with Crippen molar-refractivity contribution in [1.29, 1.82) is 0 Å². The fraction of sp³-hybridized carbons (Fsp3) is 0.214. The van der Waals surface area contributed by atoms with E-state index in [9.17, 15) is 8.78 Å². The van der Waals surface area contributed by atoms with Crippen molar-refractivity contribution < 1.29 is 13.5 Å². The predicted octanol–water partition coefficient (Wildman–Crippen LogP) is 5.85. The Morgan fingerprint density at radius 3 is 2.63 bits per heavy atom. The number of fused-ring (bicyclic) bond motifs is 2. The van der Waals surface area contributed by atoms with Gasteiger partial charge in [-0.3, -0.25) is 4.40 Å². The minimum Gasteiger partial charge on any atom is -0.378 e. The Balaban J connectivity index is 1.37. The maximum atomic E-state index is 14.4. The highest BCUT2D eigenvalue weighted by Crippen LogP contribution is 2.32. The van der Waals surface area contributed by atoms with Crippen LogP contribution in [0.15, 0.2) is 67.0 Å². The standard InChI is InChI=1S/C28H24F2N4O/c1-16-9-22(23-11-21(29)12-24(30)28(23)33-16)26-13-31-27-10-20(7-8-34(26)27)18-3-5-19(6-4-18)25-15-35-14-17(2)32-25/h3-13,17,25,32H,14-15H2,1-2H3. The van der Waals surface area contributed by atoms with Gasteiger partial charge in [0, 0.05) is 34.9 Å². The van der Waals surface area contributed by atoms with E-state index in [-0.39, 0.29) is 11.6 Å². The number of hydrogen-bond acceptors (Lipinski definition) is 4. The summed E-state index contributed by atoms with van der Waals surface area (Å²) in [4.78, 5) is 8.87. The van der Waals surface area contributed by atoms with Gasteiger partial charge in [0.05, 0.1) is 31.1 Å². The SMILES string of the molecule is Cc1cc(-c2cnc3cc(-c4ccc(C5COCC(C)N5)cc4)ccn23)c2cc(F)cc(F)c2n1. The van der Waals surface area contributed by atoms with E-state index < -0.39 is 11.6 Å². The summed E-state index contributed by atoms with van der Waals surface area (Å²) in [6.45, 7) is 5.33. The molecule has 1 saturated heterocycles. The van der Waals surface area contributed by atoms with Crippen LogP contribution in [0.25, 0.3) is 38.9 Å². The normalized spacial score (nSPS) is 18.4. The number of ether oxygens (including phenoxy) is 1. The molecule has 2 atom stereocenters. The fourth-order valence-corrected chi connectivity index (χ4v) is 4.85. The lowest BCUT2D eigenvalue weighted by molar-refractivity contribution is 0.0504. The highest BCUT2D eigenvalue weighted by atomic mass is 19.1. The lowest BCUT2D eigenvalue weighted by atomic mass is 10.0. The Bertz CT molecular complexity index is 1560. The van der Waals surface area contributed by atoms with Gasteiger partial charge in [0.2, 0.25) is 0 Å². The van der Waals surface area contributed by atoms with Gasteiger partial charge in [-0.1, -0.05) is 24.3 Å². The summed E-state index contributed by atoms with van der Waals surface area (Å²) >= 11 is 0. The second-order valence-electron chi connectivity index (χ2n) is 9.16. The molecule has 0 spiro atoms. The largest absolute Gasteiger partial charge is 0.378 e. The molecule has 2 unspecified atom stereocenters. The van der Waals surface area contributed by atoms with Gasteiger partial charge in [-0.05, 0) is 54.8 Å². The Kier molecular flexibility index (Phi) is 5.31. The maximum absolute atomic E-state index is 14.4. The molecule has 1 fully saturated rings. The Labute approximate surface area is 201 Å². The summed E-state index contributed by atoms with van der Waals surface area (Å²) in [7, 11) is 0. The highest BCUT2D eigenvalue weighted by molar-refractivity contribution is 5.94. The van der Waals surface area contributed by atoms with Crippen LogP contribution < -0.4 is 5.32 Å². The van der Waals surface area contributed by atoms with E-state index in [1.54, 1.807) is 13.1 Å². The topological polar surface area (TPSA) is 51.5 Å². The van der Waals surface area contributed by atoms with Crippen LogP contribution in [-0.2, 0) is 4.74 Å². The van der Waals surface area contributed by atoms with Crippen LogP contribution in [0.4, 0.5) is 8.78 Å². The molecule has 1 aliphatic heterocycles. The molecule has 5 aromatic rings. The number of nitrogens with one attached hydrogen (secondary N) is 1. The Hall–Kier alpha value is -3.68. The molecule has 7 heteroatoms. The van der Waals surface area contributed by atoms with Crippen molar-refractivity contribution >= 4 is 16.6 Å². The summed E-state index contributed by atoms with van der Waals surface area (Å²) in [5.41, 5.74) is 6.31. The maximum Gasteiger partial charge on any atom is 0.152 e. The van der Waals surface area contributed by atoms with E-state index in [1.807, 2.05) is 28.8 Å². The fourth-order valence-electron chi connectivity index (χ4n) is 4.85. The number of benzene rings is 2. The molecule has 0 aliphatic carbocycles. The van der Waals surface area contributed by atoms with Crippen LogP contribution in [0.3, 0.4) is 0 Å². The second-order valence-corrected chi connectivity index (χ2v) is 9.16. The first-order valence-electron chi connectivity index (χ1n) is 11.6. The number of pyridine rings is 2. The Morgan fingerprint density at radius 2 is 1.83 bits per heavy atom. The number of aryl methyl sites for hydroxylation is 1. The molecule has 4 heterocycles. The molecule has 176 valence electrons. The lowest BCUT2D eigenvalue weighted by Crippen LogP contribution is -2.41. The third-order valence-electron chi connectivity index (χ3n) is 6.53. The summed E-state index contributed by atoms with van der Waals surface area (Å²) in [5, 5.41) is 3.99. The van der Waals surface area contributed by atoms with Crippen molar-refractivity contribution in [1.82, 2.24) is 19.7 Å². The third-order valence-corrected chi connectivity index (χ3v) is 6.53. The molecule has 5 nitrogen and oxygen atoms in total. The van der Waals surface area contributed by atoms with Crippen LogP contribution >= 0.6 is 0 Å². The van der Waals surface area contributed by atoms with Gasteiger partial charge in [-0.2, -0.15) is 0 Å². The number of morpholine rings is 1. The number of nitrogens with zero attached hydrogens (tertiary/aromatic N) is 3. The van der Waals surface area contributed by atoms with Crippen molar-refractivity contribution in [2.75, 3.05) is 13.2 Å². The van der Waals surface area contributed by atoms with Gasteiger partial charge in [0.15, 0.2) is 5.82 Å². The zero-order valence-corrected chi connectivity index (χ0v) is 19.4. The number of imidazole rings is 1. The first-order chi connectivity index (χ1) is 17.0. The van der Waals surface area contributed by atoms with Gasteiger partial charge in [0.25, 0.3) is 0 Å². The zero-order valence-electron chi connectivity index (χ0n) is 19.4. The molecule has 2 aromatic carbocycles.